The molecule has 0 aromatic carbocycles. The standard InChI is InChI=1S/C20H23N5O2/c1-26-12-10-25(11-13-27-2)20-23-15-18(16-5-8-21-9-6-16)19(24-20)17-4-3-7-22-14-17/h3-9,14-15H,10-13H2,1-2H3. The van der Waals surface area contributed by atoms with Crippen LogP contribution in [0.25, 0.3) is 22.4 Å². The molecule has 27 heavy (non-hydrogen) atoms. The molecule has 0 bridgehead atoms. The molecule has 0 saturated carbocycles. The van der Waals surface area contributed by atoms with Crippen molar-refractivity contribution in [2.24, 2.45) is 0 Å². The van der Waals surface area contributed by atoms with Crippen molar-refractivity contribution in [2.45, 2.75) is 0 Å². The number of anilines is 1. The lowest BCUT2D eigenvalue weighted by molar-refractivity contribution is 0.189. The van der Waals surface area contributed by atoms with Crippen LogP contribution in [0.15, 0.2) is 55.2 Å². The lowest BCUT2D eigenvalue weighted by Crippen LogP contribution is -2.32. The van der Waals surface area contributed by atoms with E-state index in [1.807, 2.05) is 36.7 Å². The van der Waals surface area contributed by atoms with Gasteiger partial charge in [-0.1, -0.05) is 0 Å². The van der Waals surface area contributed by atoms with E-state index < -0.39 is 0 Å². The van der Waals surface area contributed by atoms with Crippen LogP contribution in [-0.4, -0.2) is 60.5 Å². The summed E-state index contributed by atoms with van der Waals surface area (Å²) >= 11 is 0. The minimum atomic E-state index is 0.585. The first-order valence-electron chi connectivity index (χ1n) is 8.74. The minimum absolute atomic E-state index is 0.585. The Labute approximate surface area is 159 Å². The molecule has 0 N–H and O–H groups in total. The molecule has 0 aliphatic carbocycles. The molecule has 3 rings (SSSR count). The van der Waals surface area contributed by atoms with Crippen LogP contribution in [0.1, 0.15) is 0 Å². The third kappa shape index (κ3) is 4.84. The molecule has 140 valence electrons. The van der Waals surface area contributed by atoms with Crippen LogP contribution in [0.4, 0.5) is 5.95 Å². The van der Waals surface area contributed by atoms with E-state index in [9.17, 15) is 0 Å². The number of pyridine rings is 2. The van der Waals surface area contributed by atoms with Crippen LogP contribution in [-0.2, 0) is 9.47 Å². The molecule has 0 fully saturated rings. The van der Waals surface area contributed by atoms with E-state index in [2.05, 4.69) is 19.9 Å². The second kappa shape index (κ2) is 9.70. The number of aromatic nitrogens is 4. The molecule has 0 spiro atoms. The predicted octanol–water partition coefficient (Wildman–Crippen LogP) is 2.70. The molecule has 7 nitrogen and oxygen atoms in total. The fourth-order valence-corrected chi connectivity index (χ4v) is 2.71. The van der Waals surface area contributed by atoms with Crippen LogP contribution in [0.5, 0.6) is 0 Å². The summed E-state index contributed by atoms with van der Waals surface area (Å²) in [6, 6.07) is 7.80. The maximum atomic E-state index is 5.23. The van der Waals surface area contributed by atoms with Gasteiger partial charge in [-0.3, -0.25) is 9.97 Å². The number of nitrogens with zero attached hydrogens (tertiary/aromatic N) is 5. The van der Waals surface area contributed by atoms with Crippen molar-refractivity contribution in [3.8, 4) is 22.4 Å². The van der Waals surface area contributed by atoms with Gasteiger partial charge in [0.2, 0.25) is 5.95 Å². The van der Waals surface area contributed by atoms with Gasteiger partial charge in [0, 0.05) is 69.4 Å². The Morgan fingerprint density at radius 3 is 2.22 bits per heavy atom. The van der Waals surface area contributed by atoms with Gasteiger partial charge in [0.1, 0.15) is 0 Å². The molecule has 7 heteroatoms. The first-order chi connectivity index (χ1) is 13.3. The van der Waals surface area contributed by atoms with Crippen molar-refractivity contribution in [1.29, 1.82) is 0 Å². The quantitative estimate of drug-likeness (QED) is 0.577. The number of ether oxygens (including phenoxy) is 2. The fourth-order valence-electron chi connectivity index (χ4n) is 2.71. The highest BCUT2D eigenvalue weighted by molar-refractivity contribution is 5.80. The van der Waals surface area contributed by atoms with Crippen LogP contribution in [0, 0.1) is 0 Å². The summed E-state index contributed by atoms with van der Waals surface area (Å²) in [6.07, 6.45) is 8.94. The molecular formula is C20H23N5O2. The highest BCUT2D eigenvalue weighted by atomic mass is 16.5. The maximum absolute atomic E-state index is 5.23. The molecule has 0 aliphatic rings. The van der Waals surface area contributed by atoms with Gasteiger partial charge in [0.25, 0.3) is 0 Å². The zero-order valence-electron chi connectivity index (χ0n) is 15.6. The smallest absolute Gasteiger partial charge is 0.226 e. The van der Waals surface area contributed by atoms with E-state index in [0.717, 1.165) is 22.4 Å². The molecule has 0 saturated heterocycles. The third-order valence-electron chi connectivity index (χ3n) is 4.12. The molecule has 3 aromatic heterocycles. The zero-order valence-corrected chi connectivity index (χ0v) is 15.6. The molecule has 0 radical (unpaired) electrons. The Hall–Kier alpha value is -2.90. The van der Waals surface area contributed by atoms with Gasteiger partial charge >= 0.3 is 0 Å². The van der Waals surface area contributed by atoms with Gasteiger partial charge in [-0.05, 0) is 29.8 Å². The molecule has 0 atom stereocenters. The van der Waals surface area contributed by atoms with E-state index in [-0.39, 0.29) is 0 Å². The third-order valence-corrected chi connectivity index (χ3v) is 4.12. The zero-order chi connectivity index (χ0) is 18.9. The molecule has 0 amide bonds. The fraction of sp³-hybridized carbons (Fsp3) is 0.300. The summed E-state index contributed by atoms with van der Waals surface area (Å²) in [5.41, 5.74) is 3.72. The largest absolute Gasteiger partial charge is 0.383 e. The number of hydrogen-bond donors (Lipinski definition) is 0. The van der Waals surface area contributed by atoms with Crippen LogP contribution in [0.3, 0.4) is 0 Å². The van der Waals surface area contributed by atoms with Gasteiger partial charge in [-0.15, -0.1) is 0 Å². The van der Waals surface area contributed by atoms with E-state index >= 15 is 0 Å². The van der Waals surface area contributed by atoms with Crippen molar-refractivity contribution in [3.63, 3.8) is 0 Å². The Balaban J connectivity index is 2.04. The van der Waals surface area contributed by atoms with Gasteiger partial charge < -0.3 is 14.4 Å². The van der Waals surface area contributed by atoms with Crippen LogP contribution >= 0.6 is 0 Å². The monoisotopic (exact) mass is 365 g/mol. The summed E-state index contributed by atoms with van der Waals surface area (Å²) < 4.78 is 10.5. The molecule has 3 heterocycles. The van der Waals surface area contributed by atoms with E-state index in [1.54, 1.807) is 32.8 Å². The highest BCUT2D eigenvalue weighted by Gasteiger charge is 2.15. The summed E-state index contributed by atoms with van der Waals surface area (Å²) in [4.78, 5) is 19.9. The van der Waals surface area contributed by atoms with E-state index in [1.165, 1.54) is 0 Å². The predicted molar refractivity (Wildman–Crippen MR) is 104 cm³/mol. The molecule has 3 aromatic rings. The van der Waals surface area contributed by atoms with Gasteiger partial charge in [0.05, 0.1) is 18.9 Å². The lowest BCUT2D eigenvalue weighted by Gasteiger charge is -2.23. The SMILES string of the molecule is COCCN(CCOC)c1ncc(-c2ccncc2)c(-c2cccnc2)n1. The first-order valence-corrected chi connectivity index (χ1v) is 8.74. The number of rotatable bonds is 9. The van der Waals surface area contributed by atoms with Gasteiger partial charge in [0.15, 0.2) is 0 Å². The van der Waals surface area contributed by atoms with Gasteiger partial charge in [-0.25, -0.2) is 9.97 Å². The second-order valence-electron chi connectivity index (χ2n) is 5.88. The minimum Gasteiger partial charge on any atom is -0.383 e. The summed E-state index contributed by atoms with van der Waals surface area (Å²) in [5, 5.41) is 0. The van der Waals surface area contributed by atoms with Crippen molar-refractivity contribution >= 4 is 5.95 Å². The molecule has 0 unspecified atom stereocenters. The summed E-state index contributed by atoms with van der Waals surface area (Å²) in [6.45, 7) is 2.53. The van der Waals surface area contributed by atoms with Crippen molar-refractivity contribution < 1.29 is 9.47 Å². The van der Waals surface area contributed by atoms with Crippen molar-refractivity contribution in [1.82, 2.24) is 19.9 Å². The topological polar surface area (TPSA) is 73.3 Å². The van der Waals surface area contributed by atoms with E-state index in [0.29, 0.717) is 32.3 Å². The van der Waals surface area contributed by atoms with Crippen LogP contribution in [0.2, 0.25) is 0 Å². The summed E-state index contributed by atoms with van der Waals surface area (Å²) in [7, 11) is 3.37. The lowest BCUT2D eigenvalue weighted by atomic mass is 10.0. The maximum Gasteiger partial charge on any atom is 0.226 e. The van der Waals surface area contributed by atoms with Gasteiger partial charge in [-0.2, -0.15) is 0 Å². The van der Waals surface area contributed by atoms with Crippen molar-refractivity contribution in [2.75, 3.05) is 45.4 Å². The number of methoxy groups -OCH3 is 2. The molecular weight excluding hydrogens is 342 g/mol. The first kappa shape index (κ1) is 18.9. The molecule has 0 aliphatic heterocycles. The highest BCUT2D eigenvalue weighted by Crippen LogP contribution is 2.30. The number of hydrogen-bond acceptors (Lipinski definition) is 7. The Morgan fingerprint density at radius 1 is 0.852 bits per heavy atom. The normalized spacial score (nSPS) is 10.7. The average molecular weight is 365 g/mol. The van der Waals surface area contributed by atoms with E-state index in [4.69, 9.17) is 14.5 Å². The average Bonchev–Trinajstić information content (AvgIpc) is 2.75. The van der Waals surface area contributed by atoms with Crippen LogP contribution < -0.4 is 4.90 Å². The Kier molecular flexibility index (Phi) is 6.78. The van der Waals surface area contributed by atoms with Crippen molar-refractivity contribution in [3.05, 3.63) is 55.2 Å². The Morgan fingerprint density at radius 2 is 1.59 bits per heavy atom. The second-order valence-corrected chi connectivity index (χ2v) is 5.88. The Bertz CT molecular complexity index is 822. The summed E-state index contributed by atoms with van der Waals surface area (Å²) in [5.74, 6) is 0.640.